The maximum atomic E-state index is 18.0. The van der Waals surface area contributed by atoms with E-state index >= 15 is 4.39 Å². The van der Waals surface area contributed by atoms with Crippen molar-refractivity contribution in [3.63, 3.8) is 0 Å². The first-order chi connectivity index (χ1) is 29.4. The van der Waals surface area contributed by atoms with Gasteiger partial charge in [-0.05, 0) is 66.0 Å². The van der Waals surface area contributed by atoms with E-state index in [0.717, 1.165) is 47.9 Å². The number of nitrogen functional groups attached to an aromatic ring is 1. The van der Waals surface area contributed by atoms with Crippen molar-refractivity contribution in [2.45, 2.75) is 96.1 Å². The number of hydrogen-bond acceptors (Lipinski definition) is 12. The summed E-state index contributed by atoms with van der Waals surface area (Å²) in [4.78, 5) is 23.7. The number of aromatic nitrogens is 4. The number of pyridine rings is 2. The predicted molar refractivity (Wildman–Crippen MR) is 240 cm³/mol. The van der Waals surface area contributed by atoms with Crippen LogP contribution in [0.25, 0.3) is 32.9 Å². The number of halogens is 1. The van der Waals surface area contributed by atoms with Gasteiger partial charge in [0, 0.05) is 54.0 Å². The zero-order chi connectivity index (χ0) is 43.0. The van der Waals surface area contributed by atoms with Gasteiger partial charge in [0.2, 0.25) is 5.88 Å². The van der Waals surface area contributed by atoms with E-state index in [1.54, 1.807) is 13.3 Å². The molecule has 2 fully saturated rings. The van der Waals surface area contributed by atoms with Gasteiger partial charge in [-0.3, -0.25) is 4.90 Å². The Kier molecular flexibility index (Phi) is 12.4. The zero-order valence-electron chi connectivity index (χ0n) is 36.6. The molecule has 3 atom stereocenters. The van der Waals surface area contributed by atoms with Crippen LogP contribution in [0.2, 0.25) is 16.6 Å². The van der Waals surface area contributed by atoms with Crippen molar-refractivity contribution in [2.75, 3.05) is 64.1 Å². The Morgan fingerprint density at radius 3 is 2.49 bits per heavy atom. The van der Waals surface area contributed by atoms with E-state index in [9.17, 15) is 0 Å². The lowest BCUT2D eigenvalue weighted by molar-refractivity contribution is -0.0101. The molecule has 2 N–H and O–H groups in total. The van der Waals surface area contributed by atoms with Crippen LogP contribution in [0.15, 0.2) is 48.7 Å². The van der Waals surface area contributed by atoms with Gasteiger partial charge in [0.05, 0.1) is 25.8 Å². The van der Waals surface area contributed by atoms with Gasteiger partial charge in [0.15, 0.2) is 12.6 Å². The van der Waals surface area contributed by atoms with Crippen LogP contribution >= 0.6 is 0 Å². The number of nitrogens with two attached hydrogens (primary N) is 1. The summed E-state index contributed by atoms with van der Waals surface area (Å²) < 4.78 is 48.0. The van der Waals surface area contributed by atoms with E-state index in [-0.39, 0.29) is 48.6 Å². The molecule has 6 heterocycles. The molecule has 0 unspecified atom stereocenters. The van der Waals surface area contributed by atoms with Gasteiger partial charge in [-0.25, -0.2) is 14.4 Å². The Balaban J connectivity index is 1.33. The largest absolute Gasteiger partial charge is 0.475 e. The Hall–Kier alpha value is -5.07. The second kappa shape index (κ2) is 17.7. The first kappa shape index (κ1) is 42.6. The summed E-state index contributed by atoms with van der Waals surface area (Å²) in [5, 5.41) is 1.95. The third-order valence-electron chi connectivity index (χ3n) is 13.2. The molecule has 322 valence electrons. The number of methoxy groups -OCH3 is 1. The summed E-state index contributed by atoms with van der Waals surface area (Å²) in [7, 11) is -0.571. The highest BCUT2D eigenvalue weighted by atomic mass is 28.3. The molecular formula is C47H58FN7O5Si. The maximum Gasteiger partial charge on any atom is 0.319 e. The molecule has 2 aromatic carbocycles. The smallest absolute Gasteiger partial charge is 0.319 e. The first-order valence-corrected chi connectivity index (χ1v) is 23.8. The quantitative estimate of drug-likeness (QED) is 0.0733. The standard InChI is InChI=1S/C47H58FN7O5Si/c1-28(2)61(29(3)4,30(5)6)22-16-32-11-9-12-33-23-36(60-27-56-8)24-38(39(32)33)42-41(48)43-40-45(53-47(52-43)59-26-35-15-14-34-25-57-20-18-55(34)35)54(19-21-58-46(40)51-42)31(7)37-13-10-17-50-44(37)49/h9-13,17,23-24,28-31,34-35H,14-15,18-21,25-27H2,1-8H3,(H2,49,50)/t31-,34+,35+/m1/s1. The molecule has 0 amide bonds. The average molecular weight is 848 g/mol. The molecule has 12 nitrogen and oxygen atoms in total. The van der Waals surface area contributed by atoms with E-state index in [2.05, 4.69) is 62.9 Å². The summed E-state index contributed by atoms with van der Waals surface area (Å²) in [6, 6.07) is 13.8. The average Bonchev–Trinajstić information content (AvgIpc) is 3.57. The Morgan fingerprint density at radius 1 is 0.934 bits per heavy atom. The molecular weight excluding hydrogens is 790 g/mol. The first-order valence-electron chi connectivity index (χ1n) is 21.6. The molecule has 14 heteroatoms. The van der Waals surface area contributed by atoms with Crippen molar-refractivity contribution in [1.29, 1.82) is 0 Å². The molecule has 3 aliphatic rings. The minimum absolute atomic E-state index is 0.0106. The molecule has 0 bridgehead atoms. The minimum atomic E-state index is -2.14. The summed E-state index contributed by atoms with van der Waals surface area (Å²) in [5.41, 5.74) is 13.8. The number of nitrogens with zero attached hydrogens (tertiary/aromatic N) is 6. The van der Waals surface area contributed by atoms with Crippen LogP contribution in [0.4, 0.5) is 16.0 Å². The van der Waals surface area contributed by atoms with Gasteiger partial charge >= 0.3 is 6.01 Å². The van der Waals surface area contributed by atoms with Gasteiger partial charge < -0.3 is 34.3 Å². The van der Waals surface area contributed by atoms with Crippen LogP contribution in [0.5, 0.6) is 17.6 Å². The van der Waals surface area contributed by atoms with Crippen molar-refractivity contribution in [3.8, 4) is 40.4 Å². The van der Waals surface area contributed by atoms with E-state index in [0.29, 0.717) is 70.8 Å². The van der Waals surface area contributed by atoms with Crippen LogP contribution in [0.3, 0.4) is 0 Å². The highest BCUT2D eigenvalue weighted by Gasteiger charge is 2.42. The molecule has 0 radical (unpaired) electrons. The summed E-state index contributed by atoms with van der Waals surface area (Å²) in [6.45, 7) is 19.1. The second-order valence-corrected chi connectivity index (χ2v) is 23.0. The van der Waals surface area contributed by atoms with Crippen LogP contribution in [-0.4, -0.2) is 98.4 Å². The Labute approximate surface area is 359 Å². The van der Waals surface area contributed by atoms with Gasteiger partial charge in [-0.15, -0.1) is 5.54 Å². The van der Waals surface area contributed by atoms with Gasteiger partial charge in [-0.1, -0.05) is 65.7 Å². The third kappa shape index (κ3) is 7.97. The van der Waals surface area contributed by atoms with E-state index < -0.39 is 13.9 Å². The molecule has 61 heavy (non-hydrogen) atoms. The summed E-state index contributed by atoms with van der Waals surface area (Å²) in [6.07, 6.45) is 3.66. The van der Waals surface area contributed by atoms with Crippen molar-refractivity contribution in [1.82, 2.24) is 24.8 Å². The van der Waals surface area contributed by atoms with Gasteiger partial charge in [0.25, 0.3) is 0 Å². The van der Waals surface area contributed by atoms with Crippen molar-refractivity contribution in [2.24, 2.45) is 0 Å². The SMILES string of the molecule is COCOc1cc(-c2nc3c4c(nc(OC[C@@H]5CC[C@H]6COCCN65)nc4c2F)N([C@H](C)c2cccnc2N)CCO3)c2c(C#C[Si](C(C)C)(C(C)C)C(C)C)cccc2c1. The number of ether oxygens (including phenoxy) is 5. The normalized spacial score (nSPS) is 18.6. The Morgan fingerprint density at radius 2 is 1.74 bits per heavy atom. The molecule has 3 aromatic heterocycles. The van der Waals surface area contributed by atoms with Crippen LogP contribution in [0.1, 0.15) is 78.5 Å². The van der Waals surface area contributed by atoms with Crippen LogP contribution in [-0.2, 0) is 9.47 Å². The van der Waals surface area contributed by atoms with Gasteiger partial charge in [-0.2, -0.15) is 9.97 Å². The molecule has 8 rings (SSSR count). The second-order valence-electron chi connectivity index (χ2n) is 17.4. The van der Waals surface area contributed by atoms with E-state index in [1.165, 1.54) is 0 Å². The zero-order valence-corrected chi connectivity index (χ0v) is 37.6. The summed E-state index contributed by atoms with van der Waals surface area (Å²) in [5.74, 6) is 4.59. The number of fused-ring (bicyclic) bond motifs is 2. The fourth-order valence-electron chi connectivity index (χ4n) is 10.1. The molecule has 5 aromatic rings. The highest BCUT2D eigenvalue weighted by molar-refractivity contribution is 6.90. The number of morpholine rings is 1. The topological polar surface area (TPSA) is 130 Å². The monoisotopic (exact) mass is 847 g/mol. The minimum Gasteiger partial charge on any atom is -0.475 e. The molecule has 3 aliphatic heterocycles. The molecule has 0 saturated carbocycles. The number of anilines is 2. The van der Waals surface area contributed by atoms with Crippen LogP contribution in [0, 0.1) is 17.3 Å². The molecule has 0 spiro atoms. The molecule has 0 aliphatic carbocycles. The lowest BCUT2D eigenvalue weighted by atomic mass is 9.96. The van der Waals surface area contributed by atoms with Gasteiger partial charge in [0.1, 0.15) is 55.3 Å². The number of benzene rings is 2. The lowest BCUT2D eigenvalue weighted by Gasteiger charge is -2.38. The third-order valence-corrected chi connectivity index (χ3v) is 19.4. The lowest BCUT2D eigenvalue weighted by Crippen LogP contribution is -2.46. The predicted octanol–water partition coefficient (Wildman–Crippen LogP) is 8.72. The van der Waals surface area contributed by atoms with Crippen LogP contribution < -0.4 is 24.8 Å². The van der Waals surface area contributed by atoms with E-state index in [4.69, 9.17) is 44.4 Å². The van der Waals surface area contributed by atoms with E-state index in [1.807, 2.05) is 54.3 Å². The summed E-state index contributed by atoms with van der Waals surface area (Å²) >= 11 is 0. The molecule has 2 saturated heterocycles. The number of hydrogen-bond donors (Lipinski definition) is 1. The maximum absolute atomic E-state index is 18.0. The van der Waals surface area contributed by atoms with Crippen molar-refractivity contribution in [3.05, 3.63) is 65.6 Å². The van der Waals surface area contributed by atoms with Crippen molar-refractivity contribution >= 4 is 41.4 Å². The Bertz CT molecular complexity index is 2450. The highest BCUT2D eigenvalue weighted by Crippen LogP contribution is 2.45. The fourth-order valence-corrected chi connectivity index (χ4v) is 15.4. The number of rotatable bonds is 12. The fraction of sp³-hybridized carbons (Fsp3) is 0.489. The van der Waals surface area contributed by atoms with Crippen molar-refractivity contribution < 1.29 is 28.1 Å².